The van der Waals surface area contributed by atoms with Crippen LogP contribution < -0.4 is 20.5 Å². The zero-order valence-corrected chi connectivity index (χ0v) is 22.7. The quantitative estimate of drug-likeness (QED) is 0.538. The largest absolute Gasteiger partial charge is 0.497 e. The lowest BCUT2D eigenvalue weighted by atomic mass is 9.91. The van der Waals surface area contributed by atoms with Gasteiger partial charge in [0.25, 0.3) is 11.8 Å². The van der Waals surface area contributed by atoms with Crippen LogP contribution in [0.2, 0.25) is 0 Å². The van der Waals surface area contributed by atoms with E-state index in [1.54, 1.807) is 67.7 Å². The first-order valence-corrected chi connectivity index (χ1v) is 13.9. The third-order valence-electron chi connectivity index (χ3n) is 8.18. The van der Waals surface area contributed by atoms with Crippen LogP contribution >= 0.6 is 0 Å². The molecule has 0 bridgehead atoms. The summed E-state index contributed by atoms with van der Waals surface area (Å²) in [5.74, 6) is 0.768. The summed E-state index contributed by atoms with van der Waals surface area (Å²) in [5.41, 5.74) is 7.08. The molecule has 2 atom stereocenters. The molecule has 9 heteroatoms. The van der Waals surface area contributed by atoms with Gasteiger partial charge in [-0.15, -0.1) is 0 Å². The van der Waals surface area contributed by atoms with Crippen LogP contribution in [0.3, 0.4) is 0 Å². The van der Waals surface area contributed by atoms with Gasteiger partial charge in [0.2, 0.25) is 5.91 Å². The standard InChI is InChI=1S/C30H38N4O5/c1-38-25-14-6-19(7-15-25)30(37)34(23-12-13-23)24-17-27(28(35)32-22-10-8-21(31)9-11-22)33(18-24)29(36)20-4-3-5-26(16-20)39-2/h3-7,14-16,21-24,27H,8-13,17-18,31H2,1-2H3,(H,32,35). The fourth-order valence-corrected chi connectivity index (χ4v) is 5.84. The Balaban J connectivity index is 1.40. The molecule has 3 N–H and O–H groups in total. The van der Waals surface area contributed by atoms with Crippen LogP contribution in [0, 0.1) is 0 Å². The number of carbonyl (C=O) groups is 3. The normalized spacial score (nSPS) is 24.6. The highest BCUT2D eigenvalue weighted by Gasteiger charge is 2.47. The van der Waals surface area contributed by atoms with E-state index >= 15 is 0 Å². The minimum Gasteiger partial charge on any atom is -0.497 e. The maximum atomic E-state index is 13.8. The predicted molar refractivity (Wildman–Crippen MR) is 147 cm³/mol. The summed E-state index contributed by atoms with van der Waals surface area (Å²) in [4.78, 5) is 44.7. The van der Waals surface area contributed by atoms with Crippen LogP contribution in [0.15, 0.2) is 48.5 Å². The fraction of sp³-hybridized carbons (Fsp3) is 0.500. The van der Waals surface area contributed by atoms with E-state index in [0.717, 1.165) is 38.5 Å². The zero-order valence-electron chi connectivity index (χ0n) is 22.7. The van der Waals surface area contributed by atoms with Crippen molar-refractivity contribution in [3.8, 4) is 11.5 Å². The first-order chi connectivity index (χ1) is 18.9. The van der Waals surface area contributed by atoms with Crippen molar-refractivity contribution in [3.05, 3.63) is 59.7 Å². The molecule has 39 heavy (non-hydrogen) atoms. The van der Waals surface area contributed by atoms with E-state index in [1.165, 1.54) is 0 Å². The van der Waals surface area contributed by atoms with Crippen LogP contribution in [0.5, 0.6) is 11.5 Å². The molecule has 1 saturated heterocycles. The Hall–Kier alpha value is -3.59. The number of nitrogens with zero attached hydrogens (tertiary/aromatic N) is 2. The highest BCUT2D eigenvalue weighted by molar-refractivity contribution is 5.99. The van der Waals surface area contributed by atoms with Gasteiger partial charge in [0, 0.05) is 35.8 Å². The SMILES string of the molecule is COc1ccc(C(=O)N(C2CC2)C2CC(C(=O)NC3CCC(N)CC3)N(C(=O)c3cccc(OC)c3)C2)cc1. The van der Waals surface area contributed by atoms with Gasteiger partial charge in [0.1, 0.15) is 17.5 Å². The first-order valence-electron chi connectivity index (χ1n) is 13.9. The number of nitrogens with two attached hydrogens (primary N) is 1. The van der Waals surface area contributed by atoms with Gasteiger partial charge in [-0.25, -0.2) is 0 Å². The van der Waals surface area contributed by atoms with Crippen molar-refractivity contribution in [1.29, 1.82) is 0 Å². The minimum absolute atomic E-state index is 0.0468. The van der Waals surface area contributed by atoms with Gasteiger partial charge < -0.3 is 30.3 Å². The van der Waals surface area contributed by atoms with E-state index < -0.39 is 6.04 Å². The molecule has 5 rings (SSSR count). The molecule has 2 aromatic carbocycles. The summed E-state index contributed by atoms with van der Waals surface area (Å²) in [7, 11) is 3.15. The summed E-state index contributed by atoms with van der Waals surface area (Å²) in [6.07, 6.45) is 5.64. The molecule has 3 aliphatic rings. The summed E-state index contributed by atoms with van der Waals surface area (Å²) in [6, 6.07) is 13.5. The Labute approximate surface area is 229 Å². The summed E-state index contributed by atoms with van der Waals surface area (Å²) < 4.78 is 10.6. The van der Waals surface area contributed by atoms with Gasteiger partial charge in [-0.05, 0) is 87.4 Å². The molecule has 2 saturated carbocycles. The lowest BCUT2D eigenvalue weighted by Gasteiger charge is -2.30. The molecular weight excluding hydrogens is 496 g/mol. The van der Waals surface area contributed by atoms with Crippen molar-refractivity contribution < 1.29 is 23.9 Å². The monoisotopic (exact) mass is 534 g/mol. The maximum Gasteiger partial charge on any atom is 0.254 e. The van der Waals surface area contributed by atoms with Crippen molar-refractivity contribution in [1.82, 2.24) is 15.1 Å². The van der Waals surface area contributed by atoms with Gasteiger partial charge >= 0.3 is 0 Å². The van der Waals surface area contributed by atoms with Gasteiger partial charge in [0.05, 0.1) is 20.3 Å². The molecule has 208 valence electrons. The number of nitrogens with one attached hydrogen (secondary N) is 1. The lowest BCUT2D eigenvalue weighted by Crippen LogP contribution is -2.50. The van der Waals surface area contributed by atoms with Crippen LogP contribution in [0.25, 0.3) is 0 Å². The molecule has 2 unspecified atom stereocenters. The topological polar surface area (TPSA) is 114 Å². The van der Waals surface area contributed by atoms with Crippen molar-refractivity contribution in [2.75, 3.05) is 20.8 Å². The second kappa shape index (κ2) is 11.7. The van der Waals surface area contributed by atoms with E-state index in [9.17, 15) is 14.4 Å². The Morgan fingerprint density at radius 1 is 0.872 bits per heavy atom. The summed E-state index contributed by atoms with van der Waals surface area (Å²) >= 11 is 0. The lowest BCUT2D eigenvalue weighted by molar-refractivity contribution is -0.125. The number of hydrogen-bond acceptors (Lipinski definition) is 6. The van der Waals surface area contributed by atoms with Crippen LogP contribution in [-0.2, 0) is 4.79 Å². The van der Waals surface area contributed by atoms with Crippen molar-refractivity contribution in [2.45, 2.75) is 75.2 Å². The minimum atomic E-state index is -0.672. The number of hydrogen-bond donors (Lipinski definition) is 2. The highest BCUT2D eigenvalue weighted by Crippen LogP contribution is 2.36. The van der Waals surface area contributed by atoms with Crippen LogP contribution in [-0.4, -0.2) is 78.5 Å². The molecule has 3 amide bonds. The van der Waals surface area contributed by atoms with Gasteiger partial charge in [0.15, 0.2) is 0 Å². The first kappa shape index (κ1) is 27.0. The molecule has 1 heterocycles. The third-order valence-corrected chi connectivity index (χ3v) is 8.18. The second-order valence-corrected chi connectivity index (χ2v) is 10.9. The summed E-state index contributed by atoms with van der Waals surface area (Å²) in [5, 5.41) is 3.19. The predicted octanol–water partition coefficient (Wildman–Crippen LogP) is 2.98. The van der Waals surface area contributed by atoms with Crippen LogP contribution in [0.4, 0.5) is 0 Å². The third kappa shape index (κ3) is 6.03. The fourth-order valence-electron chi connectivity index (χ4n) is 5.84. The van der Waals surface area contributed by atoms with E-state index in [4.69, 9.17) is 15.2 Å². The number of likely N-dealkylation sites (tertiary alicyclic amines) is 1. The molecule has 3 fully saturated rings. The number of amides is 3. The van der Waals surface area contributed by atoms with E-state index in [2.05, 4.69) is 5.32 Å². The van der Waals surface area contributed by atoms with Gasteiger partial charge in [-0.1, -0.05) is 6.07 Å². The number of ether oxygens (including phenoxy) is 2. The van der Waals surface area contributed by atoms with Crippen molar-refractivity contribution in [2.24, 2.45) is 5.73 Å². The molecule has 0 aromatic heterocycles. The Morgan fingerprint density at radius 3 is 2.21 bits per heavy atom. The van der Waals surface area contributed by atoms with E-state index in [-0.39, 0.29) is 41.9 Å². The van der Waals surface area contributed by atoms with Crippen molar-refractivity contribution in [3.63, 3.8) is 0 Å². The van der Waals surface area contributed by atoms with Gasteiger partial charge in [-0.2, -0.15) is 0 Å². The average molecular weight is 535 g/mol. The number of carbonyl (C=O) groups excluding carboxylic acids is 3. The number of rotatable bonds is 8. The van der Waals surface area contributed by atoms with Gasteiger partial charge in [-0.3, -0.25) is 14.4 Å². The average Bonchev–Trinajstić information content (AvgIpc) is 3.71. The molecule has 0 spiro atoms. The van der Waals surface area contributed by atoms with E-state index in [1.807, 2.05) is 4.90 Å². The number of methoxy groups -OCH3 is 2. The molecular formula is C30H38N4O5. The highest BCUT2D eigenvalue weighted by atomic mass is 16.5. The Morgan fingerprint density at radius 2 is 1.56 bits per heavy atom. The Bertz CT molecular complexity index is 1190. The molecule has 0 radical (unpaired) electrons. The second-order valence-electron chi connectivity index (χ2n) is 10.9. The molecule has 2 aliphatic carbocycles. The van der Waals surface area contributed by atoms with Crippen LogP contribution in [0.1, 0.15) is 65.7 Å². The molecule has 2 aromatic rings. The maximum absolute atomic E-state index is 13.8. The Kier molecular flexibility index (Phi) is 8.07. The number of benzene rings is 2. The summed E-state index contributed by atoms with van der Waals surface area (Å²) in [6.45, 7) is 0.294. The zero-order chi connectivity index (χ0) is 27.5. The van der Waals surface area contributed by atoms with E-state index in [0.29, 0.717) is 35.6 Å². The molecule has 9 nitrogen and oxygen atoms in total. The molecule has 1 aliphatic heterocycles. The van der Waals surface area contributed by atoms with Crippen molar-refractivity contribution >= 4 is 17.7 Å². The smallest absolute Gasteiger partial charge is 0.254 e.